The molecule has 0 aliphatic heterocycles. The molecular weight excluding hydrogens is 196 g/mol. The molecule has 0 rings (SSSR count). The average molecular weight is 216 g/mol. The molecule has 2 amide bonds. The lowest BCUT2D eigenvalue weighted by Crippen LogP contribution is -2.47. The van der Waals surface area contributed by atoms with E-state index in [-0.39, 0.29) is 6.42 Å². The molecule has 0 spiro atoms. The fraction of sp³-hybridized carbons (Fsp3) is 0.800. The maximum atomic E-state index is 11.4. The Hall–Kier alpha value is -1.26. The number of amides is 2. The van der Waals surface area contributed by atoms with Crippen LogP contribution >= 0.6 is 0 Å². The maximum absolute atomic E-state index is 11.4. The second-order valence-corrected chi connectivity index (χ2v) is 5.15. The van der Waals surface area contributed by atoms with E-state index in [1.807, 2.05) is 0 Å². The van der Waals surface area contributed by atoms with Crippen LogP contribution < -0.4 is 11.1 Å². The number of nitrogens with two attached hydrogens (primary N) is 1. The van der Waals surface area contributed by atoms with E-state index in [4.69, 9.17) is 10.5 Å². The van der Waals surface area contributed by atoms with Crippen molar-refractivity contribution < 1.29 is 14.3 Å². The van der Waals surface area contributed by atoms with E-state index in [2.05, 4.69) is 5.32 Å². The van der Waals surface area contributed by atoms with Crippen LogP contribution in [-0.2, 0) is 9.53 Å². The normalized spacial score (nSPS) is 12.1. The highest BCUT2D eigenvalue weighted by atomic mass is 16.6. The smallest absolute Gasteiger partial charge is 0.408 e. The molecule has 0 aromatic heterocycles. The zero-order chi connectivity index (χ0) is 12.3. The summed E-state index contributed by atoms with van der Waals surface area (Å²) in [5.41, 5.74) is 3.82. The van der Waals surface area contributed by atoms with E-state index in [1.54, 1.807) is 34.6 Å². The van der Waals surface area contributed by atoms with Gasteiger partial charge in [0.2, 0.25) is 5.91 Å². The summed E-state index contributed by atoms with van der Waals surface area (Å²) in [5, 5.41) is 2.58. The predicted octanol–water partition coefficient (Wildman–Crippen LogP) is 1.17. The Kier molecular flexibility index (Phi) is 4.13. The van der Waals surface area contributed by atoms with Gasteiger partial charge in [-0.25, -0.2) is 4.79 Å². The molecular formula is C10H20N2O3. The largest absolute Gasteiger partial charge is 0.444 e. The third-order valence-corrected chi connectivity index (χ3v) is 1.46. The van der Waals surface area contributed by atoms with Crippen LogP contribution in [0.15, 0.2) is 0 Å². The molecule has 0 fully saturated rings. The number of hydrogen-bond acceptors (Lipinski definition) is 3. The van der Waals surface area contributed by atoms with Crippen molar-refractivity contribution in [1.29, 1.82) is 0 Å². The topological polar surface area (TPSA) is 81.4 Å². The lowest BCUT2D eigenvalue weighted by molar-refractivity contribution is -0.119. The highest BCUT2D eigenvalue weighted by Crippen LogP contribution is 2.11. The monoisotopic (exact) mass is 216 g/mol. The van der Waals surface area contributed by atoms with Gasteiger partial charge in [0, 0.05) is 12.0 Å². The van der Waals surface area contributed by atoms with E-state index >= 15 is 0 Å². The zero-order valence-corrected chi connectivity index (χ0v) is 10.0. The van der Waals surface area contributed by atoms with Gasteiger partial charge in [0.25, 0.3) is 0 Å². The van der Waals surface area contributed by atoms with Gasteiger partial charge in [-0.3, -0.25) is 4.79 Å². The molecule has 0 saturated carbocycles. The fourth-order valence-electron chi connectivity index (χ4n) is 1.06. The maximum Gasteiger partial charge on any atom is 0.408 e. The van der Waals surface area contributed by atoms with Gasteiger partial charge in [-0.05, 0) is 34.6 Å². The molecule has 15 heavy (non-hydrogen) atoms. The summed E-state index contributed by atoms with van der Waals surface area (Å²) in [7, 11) is 0. The van der Waals surface area contributed by atoms with Crippen molar-refractivity contribution in [3.63, 3.8) is 0 Å². The van der Waals surface area contributed by atoms with Crippen molar-refractivity contribution in [1.82, 2.24) is 5.32 Å². The summed E-state index contributed by atoms with van der Waals surface area (Å²) in [4.78, 5) is 22.1. The van der Waals surface area contributed by atoms with E-state index in [0.717, 1.165) is 0 Å². The summed E-state index contributed by atoms with van der Waals surface area (Å²) in [6.07, 6.45) is -0.472. The van der Waals surface area contributed by atoms with Gasteiger partial charge in [0.1, 0.15) is 5.60 Å². The van der Waals surface area contributed by atoms with Gasteiger partial charge >= 0.3 is 6.09 Å². The standard InChI is InChI=1S/C10H20N2O3/c1-9(2,3)15-8(14)12-10(4,5)6-7(11)13/h6H2,1-5H3,(H2,11,13)(H,12,14). The number of carbonyl (C=O) groups is 2. The molecule has 0 radical (unpaired) electrons. The Labute approximate surface area is 90.4 Å². The first-order chi connectivity index (χ1) is 6.52. The van der Waals surface area contributed by atoms with E-state index in [9.17, 15) is 9.59 Å². The van der Waals surface area contributed by atoms with Gasteiger partial charge in [-0.1, -0.05) is 0 Å². The van der Waals surface area contributed by atoms with E-state index in [0.29, 0.717) is 0 Å². The number of hydrogen-bond donors (Lipinski definition) is 2. The van der Waals surface area contributed by atoms with Crippen molar-refractivity contribution in [2.75, 3.05) is 0 Å². The van der Waals surface area contributed by atoms with Crippen LogP contribution in [0.25, 0.3) is 0 Å². The van der Waals surface area contributed by atoms with Crippen LogP contribution in [0.3, 0.4) is 0 Å². The first-order valence-electron chi connectivity index (χ1n) is 4.81. The van der Waals surface area contributed by atoms with Crippen molar-refractivity contribution in [3.8, 4) is 0 Å². The Balaban J connectivity index is 4.22. The van der Waals surface area contributed by atoms with Crippen molar-refractivity contribution >= 4 is 12.0 Å². The average Bonchev–Trinajstić information content (AvgIpc) is 1.73. The molecule has 0 saturated heterocycles. The number of ether oxygens (including phenoxy) is 1. The number of rotatable bonds is 3. The third kappa shape index (κ3) is 7.78. The van der Waals surface area contributed by atoms with Gasteiger partial charge in [0.05, 0.1) is 0 Å². The van der Waals surface area contributed by atoms with Gasteiger partial charge in [-0.15, -0.1) is 0 Å². The summed E-state index contributed by atoms with van der Waals surface area (Å²) in [6.45, 7) is 8.73. The minimum Gasteiger partial charge on any atom is -0.444 e. The highest BCUT2D eigenvalue weighted by Gasteiger charge is 2.25. The molecule has 0 aliphatic carbocycles. The first-order valence-corrected chi connectivity index (χ1v) is 4.81. The summed E-state index contributed by atoms with van der Waals surface area (Å²) < 4.78 is 5.05. The quantitative estimate of drug-likeness (QED) is 0.742. The lowest BCUT2D eigenvalue weighted by atomic mass is 10.0. The van der Waals surface area contributed by atoms with Crippen molar-refractivity contribution in [2.45, 2.75) is 52.2 Å². The van der Waals surface area contributed by atoms with Crippen LogP contribution in [0.5, 0.6) is 0 Å². The summed E-state index contributed by atoms with van der Waals surface area (Å²) in [5.74, 6) is -0.462. The molecule has 5 heteroatoms. The molecule has 0 atom stereocenters. The van der Waals surface area contributed by atoms with Gasteiger partial charge < -0.3 is 15.8 Å². The van der Waals surface area contributed by atoms with Gasteiger partial charge in [-0.2, -0.15) is 0 Å². The van der Waals surface area contributed by atoms with E-state index in [1.165, 1.54) is 0 Å². The molecule has 88 valence electrons. The number of nitrogens with one attached hydrogen (secondary N) is 1. The van der Waals surface area contributed by atoms with Crippen molar-refractivity contribution in [2.24, 2.45) is 5.73 Å². The minimum absolute atomic E-state index is 0.0756. The third-order valence-electron chi connectivity index (χ3n) is 1.46. The summed E-state index contributed by atoms with van der Waals surface area (Å²) in [6, 6.07) is 0. The molecule has 3 N–H and O–H groups in total. The number of alkyl carbamates (subject to hydrolysis) is 1. The van der Waals surface area contributed by atoms with Crippen molar-refractivity contribution in [3.05, 3.63) is 0 Å². The predicted molar refractivity (Wildman–Crippen MR) is 57.3 cm³/mol. The fourth-order valence-corrected chi connectivity index (χ4v) is 1.06. The highest BCUT2D eigenvalue weighted by molar-refractivity contribution is 5.76. The lowest BCUT2D eigenvalue weighted by Gasteiger charge is -2.27. The second kappa shape index (κ2) is 4.51. The minimum atomic E-state index is -0.686. The van der Waals surface area contributed by atoms with Crippen LogP contribution in [0.1, 0.15) is 41.0 Å². The van der Waals surface area contributed by atoms with Crippen LogP contribution in [0.4, 0.5) is 4.79 Å². The SMILES string of the molecule is CC(C)(CC(N)=O)NC(=O)OC(C)(C)C. The first kappa shape index (κ1) is 13.7. The van der Waals surface area contributed by atoms with Crippen LogP contribution in [0, 0.1) is 0 Å². The Morgan fingerprint density at radius 1 is 1.20 bits per heavy atom. The molecule has 0 unspecified atom stereocenters. The Bertz CT molecular complexity index is 254. The zero-order valence-electron chi connectivity index (χ0n) is 10.0. The summed E-state index contributed by atoms with van der Waals surface area (Å²) >= 11 is 0. The number of primary amides is 1. The Morgan fingerprint density at radius 2 is 1.67 bits per heavy atom. The molecule has 0 aromatic carbocycles. The second-order valence-electron chi connectivity index (χ2n) is 5.15. The molecule has 0 heterocycles. The van der Waals surface area contributed by atoms with E-state index < -0.39 is 23.1 Å². The van der Waals surface area contributed by atoms with Crippen LogP contribution in [0.2, 0.25) is 0 Å². The van der Waals surface area contributed by atoms with Gasteiger partial charge in [0.15, 0.2) is 0 Å². The Morgan fingerprint density at radius 3 is 2.00 bits per heavy atom. The molecule has 5 nitrogen and oxygen atoms in total. The molecule has 0 aliphatic rings. The number of carbonyl (C=O) groups excluding carboxylic acids is 2. The molecule has 0 aromatic rings. The molecule has 0 bridgehead atoms. The van der Waals surface area contributed by atoms with Crippen LogP contribution in [-0.4, -0.2) is 23.1 Å².